The molecule has 0 aromatic carbocycles. The first-order chi connectivity index (χ1) is 8.98. The van der Waals surface area contributed by atoms with Crippen molar-refractivity contribution < 1.29 is 19.4 Å². The van der Waals surface area contributed by atoms with Gasteiger partial charge in [0.05, 0.1) is 0 Å². The summed E-state index contributed by atoms with van der Waals surface area (Å²) >= 11 is 0. The average molecular weight is 272 g/mol. The Morgan fingerprint density at radius 2 is 2.21 bits per heavy atom. The molecule has 0 bridgehead atoms. The van der Waals surface area contributed by atoms with Gasteiger partial charge in [0.2, 0.25) is 0 Å². The number of rotatable bonds is 7. The maximum absolute atomic E-state index is 11.7. The van der Waals surface area contributed by atoms with Gasteiger partial charge in [0.25, 0.3) is 0 Å². The Labute approximate surface area is 113 Å². The highest BCUT2D eigenvalue weighted by atomic mass is 16.5. The van der Waals surface area contributed by atoms with Crippen LogP contribution in [0.15, 0.2) is 0 Å². The van der Waals surface area contributed by atoms with E-state index in [0.717, 1.165) is 26.1 Å². The van der Waals surface area contributed by atoms with E-state index in [0.29, 0.717) is 25.3 Å². The third-order valence-corrected chi connectivity index (χ3v) is 3.47. The van der Waals surface area contributed by atoms with E-state index >= 15 is 0 Å². The molecule has 0 spiro atoms. The van der Waals surface area contributed by atoms with Crippen molar-refractivity contribution in [2.24, 2.45) is 5.92 Å². The van der Waals surface area contributed by atoms with Crippen LogP contribution in [0.3, 0.4) is 0 Å². The molecule has 0 saturated carbocycles. The minimum Gasteiger partial charge on any atom is -0.480 e. The highest BCUT2D eigenvalue weighted by Gasteiger charge is 2.33. The lowest BCUT2D eigenvalue weighted by atomic mass is 9.97. The van der Waals surface area contributed by atoms with E-state index in [9.17, 15) is 9.59 Å². The van der Waals surface area contributed by atoms with Crippen LogP contribution in [0, 0.1) is 5.92 Å². The Kier molecular flexibility index (Phi) is 6.08. The van der Waals surface area contributed by atoms with E-state index in [4.69, 9.17) is 9.84 Å². The summed E-state index contributed by atoms with van der Waals surface area (Å²) < 4.78 is 5.25. The number of ether oxygens (including phenoxy) is 1. The van der Waals surface area contributed by atoms with Crippen LogP contribution in [0.5, 0.6) is 0 Å². The lowest BCUT2D eigenvalue weighted by Crippen LogP contribution is -2.55. The first-order valence-electron chi connectivity index (χ1n) is 6.85. The standard InChI is InChI=1S/C13H24N2O4/c1-3-6-13(2,11(16)17)15-12(18)14-7-4-10-5-8-19-9-10/h10H,3-9H2,1-2H3,(H,16,17)(H2,14,15,18). The first kappa shape index (κ1) is 15.8. The summed E-state index contributed by atoms with van der Waals surface area (Å²) in [5, 5.41) is 14.4. The van der Waals surface area contributed by atoms with Crippen molar-refractivity contribution in [1.29, 1.82) is 0 Å². The molecule has 1 heterocycles. The highest BCUT2D eigenvalue weighted by molar-refractivity contribution is 5.85. The fourth-order valence-electron chi connectivity index (χ4n) is 2.22. The van der Waals surface area contributed by atoms with Gasteiger partial charge in [-0.05, 0) is 32.1 Å². The summed E-state index contributed by atoms with van der Waals surface area (Å²) in [6.07, 6.45) is 3.01. The van der Waals surface area contributed by atoms with E-state index in [1.165, 1.54) is 6.92 Å². The van der Waals surface area contributed by atoms with Gasteiger partial charge in [-0.15, -0.1) is 0 Å². The highest BCUT2D eigenvalue weighted by Crippen LogP contribution is 2.15. The van der Waals surface area contributed by atoms with Gasteiger partial charge in [0.1, 0.15) is 5.54 Å². The maximum atomic E-state index is 11.7. The van der Waals surface area contributed by atoms with Gasteiger partial charge in [-0.2, -0.15) is 0 Å². The maximum Gasteiger partial charge on any atom is 0.329 e. The normalized spacial score (nSPS) is 21.7. The zero-order chi connectivity index (χ0) is 14.3. The van der Waals surface area contributed by atoms with E-state index in [1.54, 1.807) is 0 Å². The van der Waals surface area contributed by atoms with E-state index < -0.39 is 17.5 Å². The fourth-order valence-corrected chi connectivity index (χ4v) is 2.22. The molecule has 2 atom stereocenters. The summed E-state index contributed by atoms with van der Waals surface area (Å²) in [6, 6.07) is -0.419. The molecule has 1 aliphatic rings. The molecule has 110 valence electrons. The molecule has 6 nitrogen and oxygen atoms in total. The van der Waals surface area contributed by atoms with E-state index in [2.05, 4.69) is 10.6 Å². The number of carboxylic acid groups (broad SMARTS) is 1. The molecule has 6 heteroatoms. The SMILES string of the molecule is CCCC(C)(NC(=O)NCCC1CCOC1)C(=O)O. The van der Waals surface area contributed by atoms with E-state index in [-0.39, 0.29) is 0 Å². The van der Waals surface area contributed by atoms with Crippen LogP contribution in [-0.4, -0.2) is 42.4 Å². The zero-order valence-electron chi connectivity index (χ0n) is 11.7. The van der Waals surface area contributed by atoms with Crippen LogP contribution in [0.1, 0.15) is 39.5 Å². The lowest BCUT2D eigenvalue weighted by Gasteiger charge is -2.25. The number of nitrogens with one attached hydrogen (secondary N) is 2. The van der Waals surface area contributed by atoms with Crippen molar-refractivity contribution in [2.75, 3.05) is 19.8 Å². The topological polar surface area (TPSA) is 87.7 Å². The molecule has 1 aliphatic heterocycles. The molecule has 19 heavy (non-hydrogen) atoms. The van der Waals surface area contributed by atoms with Gasteiger partial charge in [-0.1, -0.05) is 13.3 Å². The number of amides is 2. The number of hydrogen-bond acceptors (Lipinski definition) is 3. The molecule has 2 unspecified atom stereocenters. The summed E-state index contributed by atoms with van der Waals surface area (Å²) in [5.41, 5.74) is -1.20. The van der Waals surface area contributed by atoms with Crippen LogP contribution in [0.2, 0.25) is 0 Å². The molecule has 0 radical (unpaired) electrons. The Morgan fingerprint density at radius 1 is 1.47 bits per heavy atom. The van der Waals surface area contributed by atoms with Crippen LogP contribution in [0.4, 0.5) is 4.79 Å². The first-order valence-corrected chi connectivity index (χ1v) is 6.85. The summed E-state index contributed by atoms with van der Waals surface area (Å²) in [4.78, 5) is 22.9. The molecule has 3 N–H and O–H groups in total. The van der Waals surface area contributed by atoms with Gasteiger partial charge in [0, 0.05) is 19.8 Å². The molecule has 1 saturated heterocycles. The predicted molar refractivity (Wildman–Crippen MR) is 71.0 cm³/mol. The average Bonchev–Trinajstić information content (AvgIpc) is 2.82. The third kappa shape index (κ3) is 5.06. The molecule has 0 aliphatic carbocycles. The smallest absolute Gasteiger partial charge is 0.329 e. The van der Waals surface area contributed by atoms with Gasteiger partial charge < -0.3 is 20.5 Å². The predicted octanol–water partition coefficient (Wildman–Crippen LogP) is 1.36. The van der Waals surface area contributed by atoms with Gasteiger partial charge in [0.15, 0.2) is 0 Å². The number of urea groups is 1. The summed E-state index contributed by atoms with van der Waals surface area (Å²) in [6.45, 7) is 5.52. The molecular weight excluding hydrogens is 248 g/mol. The zero-order valence-corrected chi connectivity index (χ0v) is 11.7. The Hall–Kier alpha value is -1.30. The van der Waals surface area contributed by atoms with Crippen LogP contribution in [-0.2, 0) is 9.53 Å². The Balaban J connectivity index is 2.29. The molecule has 2 amide bonds. The largest absolute Gasteiger partial charge is 0.480 e. The van der Waals surface area contributed by atoms with Crippen molar-refractivity contribution >= 4 is 12.0 Å². The van der Waals surface area contributed by atoms with Crippen LogP contribution >= 0.6 is 0 Å². The van der Waals surface area contributed by atoms with Gasteiger partial charge in [-0.3, -0.25) is 0 Å². The molecule has 0 aromatic rings. The molecular formula is C13H24N2O4. The van der Waals surface area contributed by atoms with E-state index in [1.807, 2.05) is 6.92 Å². The lowest BCUT2D eigenvalue weighted by molar-refractivity contribution is -0.144. The van der Waals surface area contributed by atoms with Crippen molar-refractivity contribution in [2.45, 2.75) is 45.1 Å². The van der Waals surface area contributed by atoms with Gasteiger partial charge >= 0.3 is 12.0 Å². The Bertz CT molecular complexity index is 316. The quantitative estimate of drug-likeness (QED) is 0.653. The minimum absolute atomic E-state index is 0.409. The number of carbonyl (C=O) groups is 2. The number of aliphatic carboxylic acids is 1. The fraction of sp³-hybridized carbons (Fsp3) is 0.846. The summed E-state index contributed by atoms with van der Waals surface area (Å²) in [5.74, 6) is -0.504. The second-order valence-electron chi connectivity index (χ2n) is 5.29. The van der Waals surface area contributed by atoms with Crippen LogP contribution < -0.4 is 10.6 Å². The summed E-state index contributed by atoms with van der Waals surface area (Å²) in [7, 11) is 0. The second-order valence-corrected chi connectivity index (χ2v) is 5.29. The third-order valence-electron chi connectivity index (χ3n) is 3.47. The minimum atomic E-state index is -1.20. The number of carbonyl (C=O) groups excluding carboxylic acids is 1. The Morgan fingerprint density at radius 3 is 2.74 bits per heavy atom. The monoisotopic (exact) mass is 272 g/mol. The molecule has 0 aromatic heterocycles. The molecule has 1 fully saturated rings. The van der Waals surface area contributed by atoms with Crippen molar-refractivity contribution in [3.63, 3.8) is 0 Å². The van der Waals surface area contributed by atoms with Crippen LogP contribution in [0.25, 0.3) is 0 Å². The van der Waals surface area contributed by atoms with Crippen molar-refractivity contribution in [3.05, 3.63) is 0 Å². The number of carboxylic acids is 1. The van der Waals surface area contributed by atoms with Crippen molar-refractivity contribution in [3.8, 4) is 0 Å². The van der Waals surface area contributed by atoms with Gasteiger partial charge in [-0.25, -0.2) is 9.59 Å². The molecule has 1 rings (SSSR count). The second kappa shape index (κ2) is 7.33. The van der Waals surface area contributed by atoms with Crippen molar-refractivity contribution in [1.82, 2.24) is 10.6 Å². The number of hydrogen-bond donors (Lipinski definition) is 3.